The van der Waals surface area contributed by atoms with Gasteiger partial charge in [0.05, 0.1) is 6.04 Å². The molecule has 72 valence electrons. The maximum absolute atomic E-state index is 4.46. The standard InChI is InChI=1S/C9H14BrN3/c1-6-8(10)12-9(11-6)7-4-3-5-13(7)2/h7H,3-5H2,1-2H3,(H,11,12)/t7-/m0/s1. The fraction of sp³-hybridized carbons (Fsp3) is 0.667. The van der Waals surface area contributed by atoms with Crippen molar-refractivity contribution < 1.29 is 0 Å². The normalized spacial score (nSPS) is 24.1. The summed E-state index contributed by atoms with van der Waals surface area (Å²) < 4.78 is 0.947. The van der Waals surface area contributed by atoms with Gasteiger partial charge in [0, 0.05) is 5.69 Å². The Balaban J connectivity index is 2.24. The zero-order chi connectivity index (χ0) is 9.42. The first-order valence-electron chi connectivity index (χ1n) is 4.60. The van der Waals surface area contributed by atoms with Gasteiger partial charge in [-0.15, -0.1) is 0 Å². The zero-order valence-electron chi connectivity index (χ0n) is 7.97. The monoisotopic (exact) mass is 243 g/mol. The molecular weight excluding hydrogens is 230 g/mol. The Hall–Kier alpha value is -0.350. The fourth-order valence-electron chi connectivity index (χ4n) is 1.87. The Kier molecular flexibility index (Phi) is 2.43. The second kappa shape index (κ2) is 3.42. The highest BCUT2D eigenvalue weighted by molar-refractivity contribution is 9.10. The predicted octanol–water partition coefficient (Wildman–Crippen LogP) is 2.25. The number of likely N-dealkylation sites (tertiary alicyclic amines) is 1. The van der Waals surface area contributed by atoms with E-state index in [-0.39, 0.29) is 0 Å². The minimum Gasteiger partial charge on any atom is -0.344 e. The third-order valence-corrected chi connectivity index (χ3v) is 3.45. The Bertz CT molecular complexity index is 288. The summed E-state index contributed by atoms with van der Waals surface area (Å²) in [7, 11) is 2.16. The summed E-state index contributed by atoms with van der Waals surface area (Å²) in [5, 5.41) is 0. The molecule has 1 aliphatic heterocycles. The molecule has 4 heteroatoms. The molecule has 1 fully saturated rings. The van der Waals surface area contributed by atoms with Crippen LogP contribution in [0.1, 0.15) is 30.4 Å². The molecule has 1 N–H and O–H groups in total. The summed E-state index contributed by atoms with van der Waals surface area (Å²) in [5.74, 6) is 1.10. The lowest BCUT2D eigenvalue weighted by Gasteiger charge is -2.16. The van der Waals surface area contributed by atoms with E-state index in [1.54, 1.807) is 0 Å². The van der Waals surface area contributed by atoms with Crippen LogP contribution >= 0.6 is 15.9 Å². The highest BCUT2D eigenvalue weighted by Crippen LogP contribution is 2.29. The van der Waals surface area contributed by atoms with Crippen LogP contribution in [0.25, 0.3) is 0 Å². The van der Waals surface area contributed by atoms with E-state index in [0.29, 0.717) is 6.04 Å². The van der Waals surface area contributed by atoms with Gasteiger partial charge in [-0.3, -0.25) is 4.90 Å². The molecule has 0 aromatic carbocycles. The molecule has 0 bridgehead atoms. The maximum atomic E-state index is 4.46. The number of H-pyrrole nitrogens is 1. The van der Waals surface area contributed by atoms with Crippen molar-refractivity contribution in [2.45, 2.75) is 25.8 Å². The van der Waals surface area contributed by atoms with Crippen molar-refractivity contribution in [3.63, 3.8) is 0 Å². The lowest BCUT2D eigenvalue weighted by Crippen LogP contribution is -2.18. The van der Waals surface area contributed by atoms with Crippen molar-refractivity contribution in [3.05, 3.63) is 16.1 Å². The molecule has 2 rings (SSSR count). The van der Waals surface area contributed by atoms with Crippen LogP contribution in [0.3, 0.4) is 0 Å². The Labute approximate surface area is 86.7 Å². The Morgan fingerprint density at radius 3 is 2.85 bits per heavy atom. The smallest absolute Gasteiger partial charge is 0.127 e. The third-order valence-electron chi connectivity index (χ3n) is 2.68. The van der Waals surface area contributed by atoms with Crippen molar-refractivity contribution in [3.8, 4) is 0 Å². The number of aromatic amines is 1. The highest BCUT2D eigenvalue weighted by atomic mass is 79.9. The molecule has 1 aromatic rings. The van der Waals surface area contributed by atoms with Gasteiger partial charge in [0.15, 0.2) is 0 Å². The molecule has 0 spiro atoms. The van der Waals surface area contributed by atoms with E-state index >= 15 is 0 Å². The van der Waals surface area contributed by atoms with Crippen LogP contribution in [-0.4, -0.2) is 28.5 Å². The lowest BCUT2D eigenvalue weighted by molar-refractivity contribution is 0.307. The number of nitrogens with one attached hydrogen (secondary N) is 1. The topological polar surface area (TPSA) is 31.9 Å². The molecule has 0 saturated carbocycles. The zero-order valence-corrected chi connectivity index (χ0v) is 9.56. The van der Waals surface area contributed by atoms with E-state index in [1.165, 1.54) is 19.4 Å². The summed E-state index contributed by atoms with van der Waals surface area (Å²) >= 11 is 3.42. The van der Waals surface area contributed by atoms with Gasteiger partial charge in [-0.1, -0.05) is 0 Å². The number of imidazole rings is 1. The number of halogens is 1. The highest BCUT2D eigenvalue weighted by Gasteiger charge is 2.25. The fourth-order valence-corrected chi connectivity index (χ4v) is 2.16. The van der Waals surface area contributed by atoms with Gasteiger partial charge in [0.2, 0.25) is 0 Å². The molecule has 13 heavy (non-hydrogen) atoms. The quantitative estimate of drug-likeness (QED) is 0.821. The molecule has 1 atom stereocenters. The first kappa shape index (κ1) is 9.21. The maximum Gasteiger partial charge on any atom is 0.127 e. The first-order valence-corrected chi connectivity index (χ1v) is 5.40. The van der Waals surface area contributed by atoms with Gasteiger partial charge in [-0.2, -0.15) is 0 Å². The van der Waals surface area contributed by atoms with Crippen LogP contribution in [-0.2, 0) is 0 Å². The van der Waals surface area contributed by atoms with Crippen LogP contribution < -0.4 is 0 Å². The van der Waals surface area contributed by atoms with Gasteiger partial charge < -0.3 is 4.98 Å². The van der Waals surface area contributed by atoms with Crippen LogP contribution in [0.15, 0.2) is 4.60 Å². The molecule has 0 amide bonds. The summed E-state index contributed by atoms with van der Waals surface area (Å²) in [6.07, 6.45) is 2.49. The Morgan fingerprint density at radius 1 is 1.62 bits per heavy atom. The summed E-state index contributed by atoms with van der Waals surface area (Å²) in [4.78, 5) is 10.1. The second-order valence-electron chi connectivity index (χ2n) is 3.68. The van der Waals surface area contributed by atoms with Crippen LogP contribution in [0.2, 0.25) is 0 Å². The summed E-state index contributed by atoms with van der Waals surface area (Å²) in [6, 6.07) is 0.491. The van der Waals surface area contributed by atoms with E-state index in [0.717, 1.165) is 16.1 Å². The molecule has 0 unspecified atom stereocenters. The average Bonchev–Trinajstić information content (AvgIpc) is 2.60. The van der Waals surface area contributed by atoms with Crippen LogP contribution in [0.4, 0.5) is 0 Å². The number of rotatable bonds is 1. The molecule has 1 saturated heterocycles. The van der Waals surface area contributed by atoms with Crippen LogP contribution in [0.5, 0.6) is 0 Å². The van der Waals surface area contributed by atoms with E-state index < -0.39 is 0 Å². The van der Waals surface area contributed by atoms with E-state index in [1.807, 2.05) is 6.92 Å². The van der Waals surface area contributed by atoms with Gasteiger partial charge in [-0.05, 0) is 49.3 Å². The molecule has 2 heterocycles. The van der Waals surface area contributed by atoms with E-state index in [4.69, 9.17) is 0 Å². The van der Waals surface area contributed by atoms with Crippen LogP contribution in [0, 0.1) is 6.92 Å². The summed E-state index contributed by atoms with van der Waals surface area (Å²) in [5.41, 5.74) is 1.12. The molecule has 0 aliphatic carbocycles. The summed E-state index contributed by atoms with van der Waals surface area (Å²) in [6.45, 7) is 3.22. The van der Waals surface area contributed by atoms with E-state index in [2.05, 4.69) is 37.8 Å². The lowest BCUT2D eigenvalue weighted by atomic mass is 10.2. The largest absolute Gasteiger partial charge is 0.344 e. The van der Waals surface area contributed by atoms with Gasteiger partial charge >= 0.3 is 0 Å². The molecule has 0 radical (unpaired) electrons. The van der Waals surface area contributed by atoms with Crippen molar-refractivity contribution in [2.75, 3.05) is 13.6 Å². The molecule has 1 aromatic heterocycles. The third kappa shape index (κ3) is 1.65. The number of nitrogens with zero attached hydrogens (tertiary/aromatic N) is 2. The Morgan fingerprint density at radius 2 is 2.38 bits per heavy atom. The van der Waals surface area contributed by atoms with Crippen molar-refractivity contribution in [1.29, 1.82) is 0 Å². The SMILES string of the molecule is Cc1[nH]c([C@@H]2CCCN2C)nc1Br. The van der Waals surface area contributed by atoms with Gasteiger partial charge in [0.1, 0.15) is 10.4 Å². The van der Waals surface area contributed by atoms with Crippen molar-refractivity contribution >= 4 is 15.9 Å². The molecular formula is C9H14BrN3. The minimum absolute atomic E-state index is 0.491. The van der Waals surface area contributed by atoms with Gasteiger partial charge in [0.25, 0.3) is 0 Å². The number of aromatic nitrogens is 2. The number of hydrogen-bond acceptors (Lipinski definition) is 2. The average molecular weight is 244 g/mol. The predicted molar refractivity (Wildman–Crippen MR) is 55.6 cm³/mol. The van der Waals surface area contributed by atoms with E-state index in [9.17, 15) is 0 Å². The molecule has 1 aliphatic rings. The molecule has 3 nitrogen and oxygen atoms in total. The first-order chi connectivity index (χ1) is 6.18. The minimum atomic E-state index is 0.491. The van der Waals surface area contributed by atoms with Gasteiger partial charge in [-0.25, -0.2) is 4.98 Å². The second-order valence-corrected chi connectivity index (χ2v) is 4.43. The van der Waals surface area contributed by atoms with Crippen molar-refractivity contribution in [2.24, 2.45) is 0 Å². The van der Waals surface area contributed by atoms with Crippen molar-refractivity contribution in [1.82, 2.24) is 14.9 Å². The number of aryl methyl sites for hydroxylation is 1. The number of hydrogen-bond donors (Lipinski definition) is 1.